The molecule has 18 rings (SSSR count). The molecule has 0 amide bonds. The molecule has 572 valence electrons. The number of hydrogen-bond acceptors (Lipinski definition) is 0. The van der Waals surface area contributed by atoms with Crippen molar-refractivity contribution in [1.29, 1.82) is 0 Å². The summed E-state index contributed by atoms with van der Waals surface area (Å²) in [7, 11) is -8.34. The normalized spacial score (nSPS) is 11.7. The fraction of sp³-hybridized carbons (Fsp3) is 0.0189. The first kappa shape index (κ1) is 87.7. The maximum absolute atomic E-state index is 7.61. The third-order valence-electron chi connectivity index (χ3n) is 21.4. The number of hydrogen-bond donors (Lipinski definition) is 0. The minimum absolute atomic E-state index is 0. The average Bonchev–Trinajstić information content (AvgIpc) is 1.52. The zero-order valence-corrected chi connectivity index (χ0v) is 77.9. The van der Waals surface area contributed by atoms with Crippen molar-refractivity contribution < 1.29 is 89.5 Å². The van der Waals surface area contributed by atoms with Gasteiger partial charge in [0.25, 0.3) is 0 Å². The molecule has 0 bridgehead atoms. The molecule has 0 N–H and O–H groups in total. The van der Waals surface area contributed by atoms with E-state index in [2.05, 4.69) is 436 Å². The van der Waals surface area contributed by atoms with Crippen LogP contribution in [0.1, 0.15) is 22.3 Å². The van der Waals surface area contributed by atoms with E-state index >= 15 is 0 Å². The van der Waals surface area contributed by atoms with Crippen LogP contribution in [0.4, 0.5) is 0 Å². The van der Waals surface area contributed by atoms with E-state index in [1.54, 1.807) is 0 Å². The molecule has 0 saturated heterocycles. The monoisotopic (exact) mass is 2320 g/mol. The Morgan fingerprint density at radius 3 is 0.457 bits per heavy atom. The molecule has 116 heavy (non-hydrogen) atoms. The van der Waals surface area contributed by atoms with Crippen LogP contribution in [0, 0.1) is 49.4 Å². The molecule has 16 aromatic rings. The smallest absolute Gasteiger partial charge is 0.366 e. The fourth-order valence-electron chi connectivity index (χ4n) is 16.3. The first-order valence-corrected chi connectivity index (χ1v) is 48.6. The summed E-state index contributed by atoms with van der Waals surface area (Å²) < 4.78 is 0. The summed E-state index contributed by atoms with van der Waals surface area (Å²) in [4.78, 5) is 0. The summed E-state index contributed by atoms with van der Waals surface area (Å²) in [6.45, 7) is 0. The van der Waals surface area contributed by atoms with E-state index in [0.29, 0.717) is 0 Å². The second-order valence-electron chi connectivity index (χ2n) is 27.7. The number of rotatable bonds is 16. The third-order valence-corrected chi connectivity index (χ3v) is 45.0. The van der Waals surface area contributed by atoms with Crippen molar-refractivity contribution >= 4 is 132 Å². The Morgan fingerprint density at radius 2 is 0.319 bits per heavy atom. The molecule has 0 fully saturated rings. The largest absolute Gasteiger partial charge is 1.00 e. The number of benzene rings is 16. The van der Waals surface area contributed by atoms with Crippen LogP contribution >= 0.6 is 31.7 Å². The molecule has 2 aliphatic heterocycles. The molecule has 2 heterocycles. The van der Waals surface area contributed by atoms with Crippen LogP contribution in [0.2, 0.25) is 0 Å². The summed E-state index contributed by atoms with van der Waals surface area (Å²) in [6, 6.07) is 157. The summed E-state index contributed by atoms with van der Waals surface area (Å²) >= 11 is 0. The molecule has 2 aliphatic rings. The van der Waals surface area contributed by atoms with Crippen LogP contribution in [0.5, 0.6) is 0 Å². The average molecular weight is 2320 g/mol. The van der Waals surface area contributed by atoms with Crippen molar-refractivity contribution in [3.8, 4) is 45.9 Å². The van der Waals surface area contributed by atoms with Gasteiger partial charge >= 0.3 is 89.5 Å². The van der Waals surface area contributed by atoms with Gasteiger partial charge < -0.3 is 25.7 Å². The van der Waals surface area contributed by atoms with Gasteiger partial charge in [0, 0.05) is 0 Å². The molecule has 10 heteroatoms. The van der Waals surface area contributed by atoms with E-state index < -0.39 is 47.8 Å². The van der Waals surface area contributed by atoms with Crippen LogP contribution in [0.15, 0.2) is 437 Å². The van der Waals surface area contributed by atoms with Gasteiger partial charge in [0.1, 0.15) is 74.1 Å². The van der Waals surface area contributed by atoms with E-state index in [1.165, 1.54) is 95.7 Å². The third kappa shape index (κ3) is 19.2. The standard InChI is InChI=1S/2C28H16Si.2C25H22P2.4Au/c2*1-3-21-15-17-27-25(19-21)26-20-22(4-2)16-18-28(26)29(27,23-11-7-5-8-12-23)24-13-9-6-10-14-24;2*1-5-13-22(14-6-1)26(23-15-7-2-8-16-23)21-27(24-17-9-3-10-18-24)25-19-11-4-12-20-25;;;;/h2*5-20H;2*1-20H,21H2;;;;/q2*-2;;;4*+1/p+4. The Bertz CT molecular complexity index is 5100. The Balaban J connectivity index is 0.000000150. The van der Waals surface area contributed by atoms with Crippen molar-refractivity contribution in [1.82, 2.24) is 0 Å². The predicted octanol–water partition coefficient (Wildman–Crippen LogP) is 15.2. The first-order valence-electron chi connectivity index (χ1n) is 37.8. The SMILES string of the molecule is [Au+].[Au+].[Au+].[Au+].[C-]#Cc1ccc2c(c1)-c1cc(C#[C-])ccc1[Si]2(c1ccccc1)c1ccccc1.[C-]#Cc1ccc2c(c1)-c1cc(C#[C-])ccc1[Si]2(c1ccccc1)c1ccccc1.c1ccc([PH+](C[PH+](c2ccccc2)c2ccccc2)c2ccccc2)cc1.c1ccc([PH+](C[PH+](c2ccccc2)c2ccccc2)c2ccccc2)cc1. The zero-order valence-electron chi connectivity index (χ0n) is 63.2. The maximum Gasteiger partial charge on any atom is 1.00 e. The van der Waals surface area contributed by atoms with E-state index in [1.807, 2.05) is 24.3 Å². The topological polar surface area (TPSA) is 0 Å². The molecule has 0 unspecified atom stereocenters. The van der Waals surface area contributed by atoms with Gasteiger partial charge in [-0.2, -0.15) is 0 Å². The van der Waals surface area contributed by atoms with Gasteiger partial charge in [-0.25, -0.2) is 0 Å². The van der Waals surface area contributed by atoms with E-state index in [4.69, 9.17) is 25.7 Å². The van der Waals surface area contributed by atoms with Gasteiger partial charge in [0.15, 0.2) is 28.0 Å². The van der Waals surface area contributed by atoms with Gasteiger partial charge in [0.05, 0.1) is 0 Å². The number of fused-ring (bicyclic) bond motifs is 6. The van der Waals surface area contributed by atoms with E-state index in [9.17, 15) is 0 Å². The minimum Gasteiger partial charge on any atom is -0.366 e. The van der Waals surface area contributed by atoms with Crippen molar-refractivity contribution in [2.24, 2.45) is 0 Å². The Hall–Kier alpha value is -9.13. The van der Waals surface area contributed by atoms with Crippen molar-refractivity contribution in [2.45, 2.75) is 0 Å². The molecule has 0 aromatic heterocycles. The molecular formula is C106H80Au4P4Si2+4. The molecule has 0 radical (unpaired) electrons. The van der Waals surface area contributed by atoms with Crippen LogP contribution in [-0.2, 0) is 89.5 Å². The van der Waals surface area contributed by atoms with Crippen LogP contribution in [0.25, 0.3) is 22.3 Å². The van der Waals surface area contributed by atoms with Gasteiger partial charge in [-0.3, -0.25) is 23.7 Å². The van der Waals surface area contributed by atoms with E-state index in [0.717, 1.165) is 44.5 Å². The molecule has 0 saturated carbocycles. The predicted molar refractivity (Wildman–Crippen MR) is 495 cm³/mol. The minimum atomic E-state index is -2.48. The summed E-state index contributed by atoms with van der Waals surface area (Å²) in [5.74, 6) is 12.6. The van der Waals surface area contributed by atoms with Gasteiger partial charge in [0.2, 0.25) is 0 Å². The van der Waals surface area contributed by atoms with Crippen molar-refractivity contribution in [2.75, 3.05) is 11.8 Å². The molecule has 0 spiro atoms. The zero-order chi connectivity index (χ0) is 76.3. The van der Waals surface area contributed by atoms with Crippen LogP contribution < -0.4 is 83.9 Å². The Kier molecular flexibility index (Phi) is 32.4. The molecule has 0 nitrogen and oxygen atoms in total. The Morgan fingerprint density at radius 1 is 0.181 bits per heavy atom. The first-order chi connectivity index (χ1) is 55.4. The fourth-order valence-corrected chi connectivity index (χ4v) is 42.0. The van der Waals surface area contributed by atoms with Gasteiger partial charge in [-0.1, -0.05) is 291 Å². The Labute approximate surface area is 755 Å². The summed E-state index contributed by atoms with van der Waals surface area (Å²) in [5.41, 5.74) is 7.66. The van der Waals surface area contributed by atoms with Gasteiger partial charge in [-0.05, 0) is 161 Å². The van der Waals surface area contributed by atoms with Gasteiger partial charge in [-0.15, -0.1) is 70.8 Å². The van der Waals surface area contributed by atoms with Crippen molar-refractivity contribution in [3.63, 3.8) is 0 Å². The summed E-state index contributed by atoms with van der Waals surface area (Å²) in [6.07, 6.45) is 30.5. The van der Waals surface area contributed by atoms with Crippen LogP contribution in [-0.4, -0.2) is 28.0 Å². The second kappa shape index (κ2) is 42.8. The quantitative estimate of drug-likeness (QED) is 0.0391. The summed E-state index contributed by atoms with van der Waals surface area (Å²) in [5, 5.41) is 22.7. The van der Waals surface area contributed by atoms with Crippen LogP contribution in [0.3, 0.4) is 0 Å². The molecule has 0 aliphatic carbocycles. The second-order valence-corrected chi connectivity index (χ2v) is 46.4. The van der Waals surface area contributed by atoms with E-state index in [-0.39, 0.29) is 89.5 Å². The molecule has 16 aromatic carbocycles. The molecule has 0 atom stereocenters. The molecular weight excluding hydrogens is 2240 g/mol. The van der Waals surface area contributed by atoms with Crippen molar-refractivity contribution in [3.05, 3.63) is 485 Å². The maximum atomic E-state index is 7.61.